The van der Waals surface area contributed by atoms with Gasteiger partial charge in [-0.2, -0.15) is 0 Å². The number of ether oxygens (including phenoxy) is 4. The summed E-state index contributed by atoms with van der Waals surface area (Å²) >= 11 is 5.91. The first-order chi connectivity index (χ1) is 14.4. The summed E-state index contributed by atoms with van der Waals surface area (Å²) in [6, 6.07) is 9.38. The van der Waals surface area contributed by atoms with E-state index in [4.69, 9.17) is 25.8 Å². The van der Waals surface area contributed by atoms with Crippen LogP contribution in [-0.2, 0) is 19.1 Å². The number of anilines is 1. The number of esters is 2. The van der Waals surface area contributed by atoms with Gasteiger partial charge in [0.15, 0.2) is 17.3 Å². The molecule has 1 heterocycles. The van der Waals surface area contributed by atoms with Gasteiger partial charge in [0.25, 0.3) is 0 Å². The number of carbonyl (C=O) groups excluding carboxylic acids is 3. The third kappa shape index (κ3) is 4.72. The Morgan fingerprint density at radius 2 is 1.63 bits per heavy atom. The maximum absolute atomic E-state index is 13.2. The standard InChI is InChI=1S/C21H18ClNO7/c1-27-19(24)11-16(21(26)28-2)23-15-10-18-17(29-7-8-30-18)9-14(15)20(25)12-3-5-13(22)6-4-12/h3-6,9-11,23H,7-8H2,1-2H3/b16-11+. The molecular weight excluding hydrogens is 414 g/mol. The van der Waals surface area contributed by atoms with Crippen molar-refractivity contribution in [1.29, 1.82) is 0 Å². The zero-order valence-electron chi connectivity index (χ0n) is 16.2. The molecule has 0 fully saturated rings. The minimum absolute atomic E-state index is 0.196. The summed E-state index contributed by atoms with van der Waals surface area (Å²) in [5.74, 6) is -1.17. The van der Waals surface area contributed by atoms with Crippen LogP contribution in [0.25, 0.3) is 0 Å². The summed E-state index contributed by atoms with van der Waals surface area (Å²) < 4.78 is 20.4. The third-order valence-electron chi connectivity index (χ3n) is 4.17. The summed E-state index contributed by atoms with van der Waals surface area (Å²) in [6.45, 7) is 0.669. The summed E-state index contributed by atoms with van der Waals surface area (Å²) in [6.07, 6.45) is 0.930. The highest BCUT2D eigenvalue weighted by atomic mass is 35.5. The van der Waals surface area contributed by atoms with Gasteiger partial charge in [0, 0.05) is 22.2 Å². The van der Waals surface area contributed by atoms with Crippen molar-refractivity contribution in [1.82, 2.24) is 0 Å². The van der Waals surface area contributed by atoms with Crippen LogP contribution in [0.1, 0.15) is 15.9 Å². The second-order valence-electron chi connectivity index (χ2n) is 6.08. The molecule has 0 radical (unpaired) electrons. The van der Waals surface area contributed by atoms with Crippen molar-refractivity contribution < 1.29 is 33.3 Å². The van der Waals surface area contributed by atoms with Crippen molar-refractivity contribution in [2.24, 2.45) is 0 Å². The summed E-state index contributed by atoms with van der Waals surface area (Å²) in [5.41, 5.74) is 0.572. The smallest absolute Gasteiger partial charge is 0.354 e. The summed E-state index contributed by atoms with van der Waals surface area (Å²) in [7, 11) is 2.34. The fraction of sp³-hybridized carbons (Fsp3) is 0.190. The van der Waals surface area contributed by atoms with E-state index in [1.54, 1.807) is 24.3 Å². The van der Waals surface area contributed by atoms with Crippen molar-refractivity contribution >= 4 is 35.0 Å². The maximum atomic E-state index is 13.2. The molecule has 30 heavy (non-hydrogen) atoms. The number of ketones is 1. The Hall–Kier alpha value is -3.52. The molecule has 1 N–H and O–H groups in total. The van der Waals surface area contributed by atoms with Crippen molar-refractivity contribution in [2.45, 2.75) is 0 Å². The maximum Gasteiger partial charge on any atom is 0.354 e. The number of rotatable bonds is 6. The highest BCUT2D eigenvalue weighted by Crippen LogP contribution is 2.37. The monoisotopic (exact) mass is 431 g/mol. The Labute approximate surface area is 177 Å². The van der Waals surface area contributed by atoms with Crippen molar-refractivity contribution in [3.8, 4) is 11.5 Å². The first-order valence-corrected chi connectivity index (χ1v) is 9.19. The van der Waals surface area contributed by atoms with Gasteiger partial charge in [-0.1, -0.05) is 11.6 Å². The molecule has 156 valence electrons. The Morgan fingerprint density at radius 3 is 2.23 bits per heavy atom. The predicted molar refractivity (Wildman–Crippen MR) is 108 cm³/mol. The molecule has 2 aromatic rings. The molecule has 3 rings (SSSR count). The molecule has 0 aromatic heterocycles. The molecule has 0 saturated heterocycles. The summed E-state index contributed by atoms with van der Waals surface area (Å²) in [4.78, 5) is 37.0. The molecule has 0 atom stereocenters. The SMILES string of the molecule is COC(=O)/C=C(/Nc1cc2c(cc1C(=O)c1ccc(Cl)cc1)OCCO2)C(=O)OC. The quantitative estimate of drug-likeness (QED) is 0.423. The second-order valence-corrected chi connectivity index (χ2v) is 6.51. The van der Waals surface area contributed by atoms with Crippen LogP contribution in [-0.4, -0.2) is 45.2 Å². The van der Waals surface area contributed by atoms with E-state index in [1.807, 2.05) is 0 Å². The van der Waals surface area contributed by atoms with E-state index in [0.29, 0.717) is 35.3 Å². The number of benzene rings is 2. The molecule has 1 aliphatic rings. The van der Waals surface area contributed by atoms with Gasteiger partial charge in [0.2, 0.25) is 0 Å². The topological polar surface area (TPSA) is 100 Å². The van der Waals surface area contributed by atoms with E-state index in [0.717, 1.165) is 6.08 Å². The van der Waals surface area contributed by atoms with Gasteiger partial charge in [-0.25, -0.2) is 9.59 Å². The van der Waals surface area contributed by atoms with Gasteiger partial charge in [0.1, 0.15) is 18.9 Å². The van der Waals surface area contributed by atoms with Gasteiger partial charge in [-0.3, -0.25) is 4.79 Å². The van der Waals surface area contributed by atoms with E-state index < -0.39 is 11.9 Å². The van der Waals surface area contributed by atoms with E-state index in [1.165, 1.54) is 26.4 Å². The molecule has 0 aliphatic carbocycles. The number of methoxy groups -OCH3 is 2. The zero-order chi connectivity index (χ0) is 21.7. The first-order valence-electron chi connectivity index (χ1n) is 8.82. The zero-order valence-corrected chi connectivity index (χ0v) is 16.9. The van der Waals surface area contributed by atoms with Gasteiger partial charge < -0.3 is 24.3 Å². The van der Waals surface area contributed by atoms with Crippen LogP contribution in [0.2, 0.25) is 5.02 Å². The lowest BCUT2D eigenvalue weighted by Gasteiger charge is -2.21. The van der Waals surface area contributed by atoms with E-state index in [9.17, 15) is 14.4 Å². The van der Waals surface area contributed by atoms with Gasteiger partial charge in [-0.15, -0.1) is 0 Å². The molecule has 0 unspecified atom stereocenters. The Kier molecular flexibility index (Phi) is 6.58. The van der Waals surface area contributed by atoms with Gasteiger partial charge in [-0.05, 0) is 30.3 Å². The van der Waals surface area contributed by atoms with E-state index >= 15 is 0 Å². The average Bonchev–Trinajstić information content (AvgIpc) is 2.77. The highest BCUT2D eigenvalue weighted by molar-refractivity contribution is 6.30. The molecule has 0 saturated carbocycles. The molecule has 1 aliphatic heterocycles. The average molecular weight is 432 g/mol. The van der Waals surface area contributed by atoms with Crippen LogP contribution in [0.4, 0.5) is 5.69 Å². The Balaban J connectivity index is 2.08. The van der Waals surface area contributed by atoms with Crippen LogP contribution < -0.4 is 14.8 Å². The Morgan fingerprint density at radius 1 is 1.00 bits per heavy atom. The van der Waals surface area contributed by atoms with Gasteiger partial charge in [0.05, 0.1) is 26.0 Å². The predicted octanol–water partition coefficient (Wildman–Crippen LogP) is 2.98. The van der Waals surface area contributed by atoms with Crippen LogP contribution in [0.5, 0.6) is 11.5 Å². The fourth-order valence-electron chi connectivity index (χ4n) is 2.71. The second kappa shape index (κ2) is 9.32. The number of hydrogen-bond donors (Lipinski definition) is 1. The largest absolute Gasteiger partial charge is 0.486 e. The molecule has 2 aromatic carbocycles. The third-order valence-corrected chi connectivity index (χ3v) is 4.42. The van der Waals surface area contributed by atoms with Crippen molar-refractivity contribution in [2.75, 3.05) is 32.8 Å². The van der Waals surface area contributed by atoms with Crippen LogP contribution in [0.15, 0.2) is 48.2 Å². The number of hydrogen-bond acceptors (Lipinski definition) is 8. The minimum Gasteiger partial charge on any atom is -0.486 e. The number of nitrogens with one attached hydrogen (secondary N) is 1. The van der Waals surface area contributed by atoms with Crippen LogP contribution in [0.3, 0.4) is 0 Å². The molecule has 0 bridgehead atoms. The highest BCUT2D eigenvalue weighted by Gasteiger charge is 2.23. The number of fused-ring (bicyclic) bond motifs is 1. The molecular formula is C21H18ClNO7. The Bertz CT molecular complexity index is 1010. The van der Waals surface area contributed by atoms with Crippen LogP contribution in [0, 0.1) is 0 Å². The number of carbonyl (C=O) groups is 3. The lowest BCUT2D eigenvalue weighted by Crippen LogP contribution is -2.19. The first kappa shape index (κ1) is 21.2. The normalized spacial score (nSPS) is 12.7. The fourth-order valence-corrected chi connectivity index (χ4v) is 2.84. The lowest BCUT2D eigenvalue weighted by atomic mass is 10.0. The molecule has 9 heteroatoms. The van der Waals surface area contributed by atoms with Crippen molar-refractivity contribution in [3.05, 3.63) is 64.3 Å². The van der Waals surface area contributed by atoms with Crippen molar-refractivity contribution in [3.63, 3.8) is 0 Å². The van der Waals surface area contributed by atoms with Gasteiger partial charge >= 0.3 is 11.9 Å². The molecule has 8 nitrogen and oxygen atoms in total. The minimum atomic E-state index is -0.819. The van der Waals surface area contributed by atoms with E-state index in [2.05, 4.69) is 10.1 Å². The molecule has 0 amide bonds. The lowest BCUT2D eigenvalue weighted by molar-refractivity contribution is -0.138. The number of halogens is 1. The molecule has 0 spiro atoms. The van der Waals surface area contributed by atoms with E-state index in [-0.39, 0.29) is 22.7 Å². The summed E-state index contributed by atoms with van der Waals surface area (Å²) in [5, 5.41) is 3.27. The van der Waals surface area contributed by atoms with Crippen LogP contribution >= 0.6 is 11.6 Å².